The molecule has 0 saturated heterocycles. The van der Waals surface area contributed by atoms with Crippen LogP contribution < -0.4 is 4.74 Å². The lowest BCUT2D eigenvalue weighted by Gasteiger charge is -2.07. The molecule has 2 aromatic rings. The Balaban J connectivity index is 2.80. The first-order valence-corrected chi connectivity index (χ1v) is 5.51. The van der Waals surface area contributed by atoms with Gasteiger partial charge in [-0.3, -0.25) is 0 Å². The van der Waals surface area contributed by atoms with Crippen molar-refractivity contribution in [2.75, 3.05) is 7.11 Å². The first-order chi connectivity index (χ1) is 6.77. The van der Waals surface area contributed by atoms with Crippen LogP contribution in [0.15, 0.2) is 17.5 Å². The van der Waals surface area contributed by atoms with E-state index in [2.05, 4.69) is 0 Å². The number of hydrogen-bond acceptors (Lipinski definition) is 3. The molecule has 0 radical (unpaired) electrons. The van der Waals surface area contributed by atoms with Crippen LogP contribution in [-0.2, 0) is 5.88 Å². The van der Waals surface area contributed by atoms with E-state index in [0.717, 1.165) is 15.6 Å². The van der Waals surface area contributed by atoms with Crippen molar-refractivity contribution in [3.8, 4) is 11.5 Å². The van der Waals surface area contributed by atoms with E-state index in [-0.39, 0.29) is 5.75 Å². The minimum absolute atomic E-state index is 0.150. The van der Waals surface area contributed by atoms with Crippen molar-refractivity contribution >= 4 is 33.0 Å². The van der Waals surface area contributed by atoms with Crippen molar-refractivity contribution < 1.29 is 9.84 Å². The summed E-state index contributed by atoms with van der Waals surface area (Å²) in [6, 6.07) is 3.80. The standard InChI is InChI=1S/C10H9ClO2S/c1-13-8-4-6-2-3-14-10(6)7(5-11)9(8)12/h2-4,12H,5H2,1H3. The van der Waals surface area contributed by atoms with Crippen LogP contribution in [0.4, 0.5) is 0 Å². The van der Waals surface area contributed by atoms with Gasteiger partial charge in [0.25, 0.3) is 0 Å². The second-order valence-electron chi connectivity index (χ2n) is 2.88. The Kier molecular flexibility index (Phi) is 2.52. The molecule has 1 N–H and O–H groups in total. The Morgan fingerprint density at radius 3 is 3.00 bits per heavy atom. The molecule has 1 heterocycles. The number of phenolic OH excluding ortho intramolecular Hbond substituents is 1. The van der Waals surface area contributed by atoms with Gasteiger partial charge in [-0.2, -0.15) is 0 Å². The Hall–Kier alpha value is -0.930. The number of phenols is 1. The van der Waals surface area contributed by atoms with Crippen molar-refractivity contribution in [1.82, 2.24) is 0 Å². The third-order valence-corrected chi connectivity index (χ3v) is 3.39. The highest BCUT2D eigenvalue weighted by molar-refractivity contribution is 7.17. The Morgan fingerprint density at radius 1 is 1.57 bits per heavy atom. The fraction of sp³-hybridized carbons (Fsp3) is 0.200. The lowest BCUT2D eigenvalue weighted by atomic mass is 10.1. The summed E-state index contributed by atoms with van der Waals surface area (Å²) in [5.41, 5.74) is 0.746. The fourth-order valence-corrected chi connectivity index (χ4v) is 2.69. The molecule has 0 amide bonds. The summed E-state index contributed by atoms with van der Waals surface area (Å²) in [4.78, 5) is 0. The van der Waals surface area contributed by atoms with Gasteiger partial charge < -0.3 is 9.84 Å². The molecule has 0 fully saturated rings. The second-order valence-corrected chi connectivity index (χ2v) is 4.06. The molecular weight excluding hydrogens is 220 g/mol. The molecule has 0 unspecified atom stereocenters. The zero-order valence-electron chi connectivity index (χ0n) is 7.58. The first kappa shape index (κ1) is 9.62. The van der Waals surface area contributed by atoms with Gasteiger partial charge in [-0.25, -0.2) is 0 Å². The third kappa shape index (κ3) is 1.33. The number of aromatic hydroxyl groups is 1. The van der Waals surface area contributed by atoms with Gasteiger partial charge in [0, 0.05) is 10.3 Å². The van der Waals surface area contributed by atoms with E-state index in [1.54, 1.807) is 11.3 Å². The summed E-state index contributed by atoms with van der Waals surface area (Å²) in [7, 11) is 1.53. The second kappa shape index (κ2) is 3.67. The maximum absolute atomic E-state index is 9.80. The molecule has 4 heteroatoms. The van der Waals surface area contributed by atoms with Crippen molar-refractivity contribution in [2.45, 2.75) is 5.88 Å². The molecule has 1 aromatic heterocycles. The highest BCUT2D eigenvalue weighted by Crippen LogP contribution is 2.39. The molecule has 0 saturated carbocycles. The Bertz CT molecular complexity index is 464. The molecule has 14 heavy (non-hydrogen) atoms. The van der Waals surface area contributed by atoms with Gasteiger partial charge in [0.2, 0.25) is 0 Å². The fourth-order valence-electron chi connectivity index (χ4n) is 1.42. The maximum atomic E-state index is 9.80. The quantitative estimate of drug-likeness (QED) is 0.799. The number of thiophene rings is 1. The van der Waals surface area contributed by atoms with Gasteiger partial charge in [0.05, 0.1) is 13.0 Å². The molecule has 0 atom stereocenters. The zero-order valence-corrected chi connectivity index (χ0v) is 9.15. The lowest BCUT2D eigenvalue weighted by molar-refractivity contribution is 0.372. The van der Waals surface area contributed by atoms with E-state index in [4.69, 9.17) is 16.3 Å². The van der Waals surface area contributed by atoms with Gasteiger partial charge >= 0.3 is 0 Å². The summed E-state index contributed by atoms with van der Waals surface area (Å²) in [5.74, 6) is 0.920. The lowest BCUT2D eigenvalue weighted by Crippen LogP contribution is -1.87. The van der Waals surface area contributed by atoms with Crippen LogP contribution in [-0.4, -0.2) is 12.2 Å². The van der Waals surface area contributed by atoms with Gasteiger partial charge in [-0.1, -0.05) is 0 Å². The molecule has 0 aliphatic rings. The minimum Gasteiger partial charge on any atom is -0.504 e. The summed E-state index contributed by atoms with van der Waals surface area (Å²) >= 11 is 7.36. The van der Waals surface area contributed by atoms with Gasteiger partial charge in [-0.15, -0.1) is 22.9 Å². The zero-order chi connectivity index (χ0) is 10.1. The average molecular weight is 229 g/mol. The molecule has 2 rings (SSSR count). The third-order valence-electron chi connectivity index (χ3n) is 2.13. The number of benzene rings is 1. The van der Waals surface area contributed by atoms with Crippen LogP contribution in [0.1, 0.15) is 5.56 Å². The van der Waals surface area contributed by atoms with Crippen LogP contribution in [0.5, 0.6) is 11.5 Å². The molecular formula is C10H9ClO2S. The number of ether oxygens (including phenoxy) is 1. The SMILES string of the molecule is COc1cc2ccsc2c(CCl)c1O. The smallest absolute Gasteiger partial charge is 0.163 e. The highest BCUT2D eigenvalue weighted by Gasteiger charge is 2.12. The van der Waals surface area contributed by atoms with E-state index < -0.39 is 0 Å². The highest BCUT2D eigenvalue weighted by atomic mass is 35.5. The van der Waals surface area contributed by atoms with E-state index in [0.29, 0.717) is 11.6 Å². The van der Waals surface area contributed by atoms with Gasteiger partial charge in [-0.05, 0) is 22.9 Å². The predicted molar refractivity (Wildman–Crippen MR) is 59.6 cm³/mol. The van der Waals surface area contributed by atoms with Crippen molar-refractivity contribution in [3.63, 3.8) is 0 Å². The summed E-state index contributed by atoms with van der Waals surface area (Å²) in [5, 5.41) is 12.8. The summed E-state index contributed by atoms with van der Waals surface area (Å²) in [6.07, 6.45) is 0. The monoisotopic (exact) mass is 228 g/mol. The molecule has 2 nitrogen and oxygen atoms in total. The van der Waals surface area contributed by atoms with Crippen LogP contribution in [0.25, 0.3) is 10.1 Å². The van der Waals surface area contributed by atoms with E-state index in [1.807, 2.05) is 17.5 Å². The van der Waals surface area contributed by atoms with E-state index >= 15 is 0 Å². The largest absolute Gasteiger partial charge is 0.504 e. The summed E-state index contributed by atoms with van der Waals surface area (Å²) in [6.45, 7) is 0. The molecule has 0 aliphatic carbocycles. The Labute approximate surface area is 90.7 Å². The van der Waals surface area contributed by atoms with Crippen LogP contribution in [0, 0.1) is 0 Å². The number of fused-ring (bicyclic) bond motifs is 1. The van der Waals surface area contributed by atoms with Crippen LogP contribution in [0.3, 0.4) is 0 Å². The van der Waals surface area contributed by atoms with Gasteiger partial charge in [0.1, 0.15) is 0 Å². The number of alkyl halides is 1. The average Bonchev–Trinajstić information content (AvgIpc) is 2.64. The van der Waals surface area contributed by atoms with E-state index in [1.165, 1.54) is 7.11 Å². The molecule has 0 aliphatic heterocycles. The van der Waals surface area contributed by atoms with Gasteiger partial charge in [0.15, 0.2) is 11.5 Å². The molecule has 0 bridgehead atoms. The van der Waals surface area contributed by atoms with Crippen LogP contribution >= 0.6 is 22.9 Å². The number of halogens is 1. The van der Waals surface area contributed by atoms with Crippen molar-refractivity contribution in [2.24, 2.45) is 0 Å². The van der Waals surface area contributed by atoms with Crippen molar-refractivity contribution in [1.29, 1.82) is 0 Å². The maximum Gasteiger partial charge on any atom is 0.163 e. The molecule has 1 aromatic carbocycles. The number of methoxy groups -OCH3 is 1. The normalized spacial score (nSPS) is 10.7. The predicted octanol–water partition coefficient (Wildman–Crippen LogP) is 3.35. The number of hydrogen-bond donors (Lipinski definition) is 1. The van der Waals surface area contributed by atoms with Crippen molar-refractivity contribution in [3.05, 3.63) is 23.1 Å². The molecule has 0 spiro atoms. The topological polar surface area (TPSA) is 29.5 Å². The first-order valence-electron chi connectivity index (χ1n) is 4.10. The van der Waals surface area contributed by atoms with Crippen LogP contribution in [0.2, 0.25) is 0 Å². The Morgan fingerprint density at radius 2 is 2.36 bits per heavy atom. The summed E-state index contributed by atoms with van der Waals surface area (Å²) < 4.78 is 6.09. The molecule has 74 valence electrons. The minimum atomic E-state index is 0.150. The van der Waals surface area contributed by atoms with E-state index in [9.17, 15) is 5.11 Å². The number of rotatable bonds is 2.